The zero-order valence-corrected chi connectivity index (χ0v) is 15.8. The van der Waals surface area contributed by atoms with Crippen LogP contribution in [0.25, 0.3) is 0 Å². The highest BCUT2D eigenvalue weighted by Gasteiger charge is 2.62. The Hall–Kier alpha value is -0.870. The van der Waals surface area contributed by atoms with Crippen LogP contribution in [0, 0.1) is 22.7 Å². The molecule has 0 radical (unpaired) electrons. The lowest BCUT2D eigenvalue weighted by Crippen LogP contribution is -2.65. The molecule has 0 aromatic carbocycles. The van der Waals surface area contributed by atoms with Crippen LogP contribution in [0.4, 0.5) is 0 Å². The highest BCUT2D eigenvalue weighted by Crippen LogP contribution is 2.64. The van der Waals surface area contributed by atoms with Gasteiger partial charge in [-0.3, -0.25) is 0 Å². The van der Waals surface area contributed by atoms with Crippen molar-refractivity contribution in [2.24, 2.45) is 22.7 Å². The van der Waals surface area contributed by atoms with E-state index in [2.05, 4.69) is 20.8 Å². The third-order valence-electron chi connectivity index (χ3n) is 7.75. The summed E-state index contributed by atoms with van der Waals surface area (Å²) in [5.74, 6) is -0.0214. The lowest BCUT2D eigenvalue weighted by Gasteiger charge is -2.64. The number of hydrogen-bond donors (Lipinski definition) is 3. The molecule has 0 amide bonds. The van der Waals surface area contributed by atoms with Gasteiger partial charge in [-0.2, -0.15) is 0 Å². The van der Waals surface area contributed by atoms with E-state index in [0.29, 0.717) is 18.3 Å². The quantitative estimate of drug-likeness (QED) is 0.682. The first-order chi connectivity index (χ1) is 10.9. The van der Waals surface area contributed by atoms with Crippen LogP contribution < -0.4 is 0 Å². The maximum absolute atomic E-state index is 11.1. The van der Waals surface area contributed by atoms with Crippen molar-refractivity contribution < 1.29 is 20.1 Å². The number of rotatable bonds is 4. The largest absolute Gasteiger partial charge is 0.478 e. The molecular formula is C20H34O4. The van der Waals surface area contributed by atoms with Gasteiger partial charge in [-0.25, -0.2) is 4.79 Å². The van der Waals surface area contributed by atoms with E-state index in [4.69, 9.17) is 5.11 Å². The summed E-state index contributed by atoms with van der Waals surface area (Å²) in [6.45, 7) is 10.4. The number of fused-ring (bicyclic) bond motifs is 1. The minimum atomic E-state index is -1.07. The van der Waals surface area contributed by atoms with Gasteiger partial charge in [0.25, 0.3) is 0 Å². The Kier molecular flexibility index (Phi) is 5.23. The van der Waals surface area contributed by atoms with Gasteiger partial charge >= 0.3 is 5.97 Å². The normalized spacial score (nSPS) is 46.5. The average Bonchev–Trinajstić information content (AvgIpc) is 2.47. The van der Waals surface area contributed by atoms with E-state index < -0.39 is 17.7 Å². The van der Waals surface area contributed by atoms with Gasteiger partial charge in [-0.05, 0) is 69.6 Å². The molecule has 2 rings (SSSR count). The Morgan fingerprint density at radius 1 is 1.21 bits per heavy atom. The number of carboxylic acid groups (broad SMARTS) is 1. The molecule has 0 aromatic rings. The third-order valence-corrected chi connectivity index (χ3v) is 7.75. The van der Waals surface area contributed by atoms with Crippen molar-refractivity contribution in [3.05, 3.63) is 11.6 Å². The van der Waals surface area contributed by atoms with Crippen LogP contribution in [0.5, 0.6) is 0 Å². The minimum Gasteiger partial charge on any atom is -0.478 e. The second-order valence-corrected chi connectivity index (χ2v) is 8.99. The fourth-order valence-corrected chi connectivity index (χ4v) is 5.50. The first-order valence-electron chi connectivity index (χ1n) is 9.25. The highest BCUT2D eigenvalue weighted by atomic mass is 16.4. The SMILES string of the molecule is C/C(=C\C(=O)O)CC[C@]1(C)[C@@H](C)CC[C@]2(C)[C@H]1CC[C@@H](O)[C@@]2(C)O. The molecular weight excluding hydrogens is 304 g/mol. The minimum absolute atomic E-state index is 0.0464. The van der Waals surface area contributed by atoms with E-state index in [0.717, 1.165) is 37.7 Å². The van der Waals surface area contributed by atoms with Crippen LogP contribution >= 0.6 is 0 Å². The molecule has 2 fully saturated rings. The van der Waals surface area contributed by atoms with Crippen molar-refractivity contribution in [1.82, 2.24) is 0 Å². The van der Waals surface area contributed by atoms with E-state index >= 15 is 0 Å². The van der Waals surface area contributed by atoms with Crippen molar-refractivity contribution in [1.29, 1.82) is 0 Å². The van der Waals surface area contributed by atoms with Gasteiger partial charge in [0.1, 0.15) is 0 Å². The molecule has 0 saturated heterocycles. The lowest BCUT2D eigenvalue weighted by atomic mass is 9.43. The first kappa shape index (κ1) is 19.5. The average molecular weight is 338 g/mol. The van der Waals surface area contributed by atoms with Crippen molar-refractivity contribution in [2.75, 3.05) is 0 Å². The number of aliphatic carboxylic acids is 1. The van der Waals surface area contributed by atoms with Gasteiger partial charge in [0.05, 0.1) is 11.7 Å². The Balaban J connectivity index is 2.29. The van der Waals surface area contributed by atoms with Crippen molar-refractivity contribution >= 4 is 5.97 Å². The second-order valence-electron chi connectivity index (χ2n) is 8.99. The summed E-state index contributed by atoms with van der Waals surface area (Å²) >= 11 is 0. The fraction of sp³-hybridized carbons (Fsp3) is 0.850. The maximum atomic E-state index is 11.1. The van der Waals surface area contributed by atoms with Crippen molar-refractivity contribution in [2.45, 2.75) is 84.8 Å². The van der Waals surface area contributed by atoms with Gasteiger partial charge in [-0.1, -0.05) is 26.3 Å². The number of carbonyl (C=O) groups is 1. The molecule has 2 aliphatic carbocycles. The van der Waals surface area contributed by atoms with Crippen molar-refractivity contribution in [3.8, 4) is 0 Å². The summed E-state index contributed by atoms with van der Waals surface area (Å²) in [4.78, 5) is 10.9. The maximum Gasteiger partial charge on any atom is 0.328 e. The highest BCUT2D eigenvalue weighted by molar-refractivity contribution is 5.80. The molecule has 2 aliphatic rings. The van der Waals surface area contributed by atoms with Crippen LogP contribution in [-0.4, -0.2) is 33.0 Å². The van der Waals surface area contributed by atoms with Crippen LogP contribution in [-0.2, 0) is 4.79 Å². The van der Waals surface area contributed by atoms with E-state index in [-0.39, 0.29) is 10.8 Å². The molecule has 4 heteroatoms. The molecule has 0 unspecified atom stereocenters. The zero-order chi connectivity index (χ0) is 18.3. The molecule has 6 atom stereocenters. The monoisotopic (exact) mass is 338 g/mol. The Bertz CT molecular complexity index is 524. The molecule has 24 heavy (non-hydrogen) atoms. The van der Waals surface area contributed by atoms with E-state index in [1.807, 2.05) is 6.92 Å². The molecule has 0 bridgehead atoms. The summed E-state index contributed by atoms with van der Waals surface area (Å²) in [6, 6.07) is 0. The molecule has 0 heterocycles. The predicted molar refractivity (Wildman–Crippen MR) is 94.6 cm³/mol. The number of carboxylic acids is 1. The van der Waals surface area contributed by atoms with Gasteiger partial charge in [0.2, 0.25) is 0 Å². The molecule has 138 valence electrons. The molecule has 0 aliphatic heterocycles. The molecule has 2 saturated carbocycles. The standard InChI is InChI=1S/C20H34O4/c1-13(12-17(22)23)8-10-18(3)14(2)9-11-19(4)15(18)6-7-16(21)20(19,5)24/h12,14-16,21,24H,6-11H2,1-5H3,(H,22,23)/b13-12+/t14-,15-,16+,18+,19+,20+/m0/s1. The summed E-state index contributed by atoms with van der Waals surface area (Å²) in [7, 11) is 0. The first-order valence-corrected chi connectivity index (χ1v) is 9.25. The van der Waals surface area contributed by atoms with Gasteiger partial charge < -0.3 is 15.3 Å². The van der Waals surface area contributed by atoms with Crippen molar-refractivity contribution in [3.63, 3.8) is 0 Å². The summed E-state index contributed by atoms with van der Waals surface area (Å²) < 4.78 is 0. The molecule has 0 aromatic heterocycles. The number of hydrogen-bond acceptors (Lipinski definition) is 3. The number of allylic oxidation sites excluding steroid dienone is 1. The fourth-order valence-electron chi connectivity index (χ4n) is 5.50. The predicted octanol–water partition coefficient (Wildman–Crippen LogP) is 3.76. The topological polar surface area (TPSA) is 77.8 Å². The Morgan fingerprint density at radius 3 is 2.42 bits per heavy atom. The molecule has 3 N–H and O–H groups in total. The summed E-state index contributed by atoms with van der Waals surface area (Å²) in [5.41, 5.74) is -0.421. The van der Waals surface area contributed by atoms with Gasteiger partial charge in [0.15, 0.2) is 0 Å². The van der Waals surface area contributed by atoms with E-state index in [9.17, 15) is 15.0 Å². The van der Waals surface area contributed by atoms with E-state index in [1.165, 1.54) is 6.08 Å². The third kappa shape index (κ3) is 3.03. The van der Waals surface area contributed by atoms with Gasteiger partial charge in [-0.15, -0.1) is 0 Å². The van der Waals surface area contributed by atoms with Crippen LogP contribution in [0.1, 0.15) is 73.1 Å². The van der Waals surface area contributed by atoms with Crippen LogP contribution in [0.15, 0.2) is 11.6 Å². The van der Waals surface area contributed by atoms with Gasteiger partial charge in [0, 0.05) is 11.5 Å². The lowest BCUT2D eigenvalue weighted by molar-refractivity contribution is -0.235. The Labute approximate surface area is 146 Å². The molecule has 0 spiro atoms. The summed E-state index contributed by atoms with van der Waals surface area (Å²) in [6.07, 6.45) is 5.87. The van der Waals surface area contributed by atoms with Crippen LogP contribution in [0.2, 0.25) is 0 Å². The summed E-state index contributed by atoms with van der Waals surface area (Å²) in [5, 5.41) is 30.4. The smallest absolute Gasteiger partial charge is 0.328 e. The number of aliphatic hydroxyl groups excluding tert-OH is 1. The van der Waals surface area contributed by atoms with E-state index in [1.54, 1.807) is 6.92 Å². The Morgan fingerprint density at radius 2 is 1.83 bits per heavy atom. The second kappa shape index (κ2) is 6.45. The zero-order valence-electron chi connectivity index (χ0n) is 15.8. The molecule has 4 nitrogen and oxygen atoms in total. The van der Waals surface area contributed by atoms with Crippen LogP contribution in [0.3, 0.4) is 0 Å². The number of aliphatic hydroxyl groups is 2.